The molecular weight excluding hydrogens is 354 g/mol. The second-order valence-corrected chi connectivity index (χ2v) is 7.95. The molecular formula is C27H29NO. The quantitative estimate of drug-likeness (QED) is 0.481. The van der Waals surface area contributed by atoms with Crippen molar-refractivity contribution in [3.8, 4) is 16.9 Å². The second-order valence-electron chi connectivity index (χ2n) is 7.95. The summed E-state index contributed by atoms with van der Waals surface area (Å²) in [6, 6.07) is 26.4. The summed E-state index contributed by atoms with van der Waals surface area (Å²) in [5.41, 5.74) is 6.47. The molecule has 29 heavy (non-hydrogen) atoms. The van der Waals surface area contributed by atoms with Crippen molar-refractivity contribution in [1.82, 2.24) is 4.90 Å². The topological polar surface area (TPSA) is 12.5 Å². The summed E-state index contributed by atoms with van der Waals surface area (Å²) in [6.07, 6.45) is 5.53. The Balaban J connectivity index is 1.38. The van der Waals surface area contributed by atoms with Gasteiger partial charge in [-0.15, -0.1) is 0 Å². The zero-order valence-electron chi connectivity index (χ0n) is 17.3. The van der Waals surface area contributed by atoms with Gasteiger partial charge in [-0.3, -0.25) is 4.90 Å². The van der Waals surface area contributed by atoms with Gasteiger partial charge < -0.3 is 4.74 Å². The first-order valence-corrected chi connectivity index (χ1v) is 10.5. The minimum absolute atomic E-state index is 0.490. The van der Waals surface area contributed by atoms with Crippen LogP contribution in [0.3, 0.4) is 0 Å². The molecule has 0 N–H and O–H groups in total. The number of rotatable bonds is 7. The second kappa shape index (κ2) is 9.11. The van der Waals surface area contributed by atoms with Gasteiger partial charge in [0.1, 0.15) is 5.75 Å². The number of fused-ring (bicyclic) bond motifs is 1. The van der Waals surface area contributed by atoms with Crippen LogP contribution in [-0.4, -0.2) is 24.1 Å². The summed E-state index contributed by atoms with van der Waals surface area (Å²) < 4.78 is 5.63. The minimum atomic E-state index is 0.490. The third kappa shape index (κ3) is 4.96. The van der Waals surface area contributed by atoms with E-state index in [4.69, 9.17) is 4.74 Å². The Morgan fingerprint density at radius 2 is 1.69 bits per heavy atom. The summed E-state index contributed by atoms with van der Waals surface area (Å²) in [7, 11) is 0. The number of hydrogen-bond acceptors (Lipinski definition) is 2. The molecule has 1 aliphatic heterocycles. The van der Waals surface area contributed by atoms with Crippen LogP contribution in [0.1, 0.15) is 30.5 Å². The van der Waals surface area contributed by atoms with Crippen molar-refractivity contribution in [1.29, 1.82) is 0 Å². The number of benzene rings is 3. The van der Waals surface area contributed by atoms with Crippen molar-refractivity contribution in [3.05, 3.63) is 95.6 Å². The standard InChI is InChI=1S/C27H29NO/c1-21(2)28(20-23-12-15-27-26(19-23)16-18-29-27)17-6-7-22-10-13-25(14-11-22)24-8-4-3-5-9-24/h3-15,19,21H,16-18,20H2,1-2H3/b7-6+. The molecule has 0 saturated carbocycles. The average Bonchev–Trinajstić information content (AvgIpc) is 3.22. The van der Waals surface area contributed by atoms with E-state index >= 15 is 0 Å². The van der Waals surface area contributed by atoms with Crippen molar-refractivity contribution >= 4 is 6.08 Å². The van der Waals surface area contributed by atoms with Crippen molar-refractivity contribution in [2.75, 3.05) is 13.2 Å². The number of hydrogen-bond donors (Lipinski definition) is 0. The van der Waals surface area contributed by atoms with E-state index in [1.54, 1.807) is 0 Å². The summed E-state index contributed by atoms with van der Waals surface area (Å²) in [6.45, 7) is 7.24. The van der Waals surface area contributed by atoms with E-state index in [-0.39, 0.29) is 0 Å². The maximum absolute atomic E-state index is 5.63. The third-order valence-corrected chi connectivity index (χ3v) is 5.54. The summed E-state index contributed by atoms with van der Waals surface area (Å²) in [5, 5.41) is 0. The van der Waals surface area contributed by atoms with Crippen LogP contribution in [0.15, 0.2) is 78.9 Å². The minimum Gasteiger partial charge on any atom is -0.493 e. The number of ether oxygens (including phenoxy) is 1. The van der Waals surface area contributed by atoms with Crippen LogP contribution < -0.4 is 4.74 Å². The highest BCUT2D eigenvalue weighted by Gasteiger charge is 2.14. The Morgan fingerprint density at radius 3 is 2.45 bits per heavy atom. The van der Waals surface area contributed by atoms with Crippen molar-refractivity contribution in [2.45, 2.75) is 32.9 Å². The largest absolute Gasteiger partial charge is 0.493 e. The molecule has 0 amide bonds. The van der Waals surface area contributed by atoms with Gasteiger partial charge in [0.25, 0.3) is 0 Å². The number of nitrogens with zero attached hydrogens (tertiary/aromatic N) is 1. The zero-order valence-corrected chi connectivity index (χ0v) is 17.3. The molecule has 2 heteroatoms. The van der Waals surface area contributed by atoms with Gasteiger partial charge in [-0.2, -0.15) is 0 Å². The van der Waals surface area contributed by atoms with E-state index in [0.717, 1.165) is 31.9 Å². The van der Waals surface area contributed by atoms with Crippen LogP contribution in [0.2, 0.25) is 0 Å². The summed E-state index contributed by atoms with van der Waals surface area (Å²) >= 11 is 0. The first-order valence-electron chi connectivity index (χ1n) is 10.5. The fourth-order valence-corrected chi connectivity index (χ4v) is 3.77. The van der Waals surface area contributed by atoms with Gasteiger partial charge in [-0.25, -0.2) is 0 Å². The molecule has 0 saturated heterocycles. The van der Waals surface area contributed by atoms with Crippen LogP contribution in [-0.2, 0) is 13.0 Å². The molecule has 0 atom stereocenters. The van der Waals surface area contributed by atoms with E-state index in [1.165, 1.54) is 27.8 Å². The van der Waals surface area contributed by atoms with E-state index in [0.29, 0.717) is 6.04 Å². The molecule has 0 fully saturated rings. The molecule has 0 aliphatic carbocycles. The lowest BCUT2D eigenvalue weighted by atomic mass is 10.0. The van der Waals surface area contributed by atoms with Crippen LogP contribution in [0.4, 0.5) is 0 Å². The smallest absolute Gasteiger partial charge is 0.122 e. The van der Waals surface area contributed by atoms with Crippen LogP contribution in [0.5, 0.6) is 5.75 Å². The van der Waals surface area contributed by atoms with Crippen molar-refractivity contribution < 1.29 is 4.74 Å². The van der Waals surface area contributed by atoms with E-state index in [2.05, 4.69) is 104 Å². The molecule has 0 spiro atoms. The van der Waals surface area contributed by atoms with E-state index in [1.807, 2.05) is 0 Å². The molecule has 1 aliphatic rings. The predicted octanol–water partition coefficient (Wildman–Crippen LogP) is 6.21. The lowest BCUT2D eigenvalue weighted by molar-refractivity contribution is 0.237. The highest BCUT2D eigenvalue weighted by Crippen LogP contribution is 2.26. The van der Waals surface area contributed by atoms with Gasteiger partial charge >= 0.3 is 0 Å². The SMILES string of the molecule is CC(C)N(C/C=C/c1ccc(-c2ccccc2)cc1)Cc1ccc2c(c1)CCO2. The third-order valence-electron chi connectivity index (χ3n) is 5.54. The Kier molecular flexibility index (Phi) is 6.12. The average molecular weight is 384 g/mol. The lowest BCUT2D eigenvalue weighted by Gasteiger charge is -2.25. The first-order chi connectivity index (χ1) is 14.2. The molecule has 0 radical (unpaired) electrons. The van der Waals surface area contributed by atoms with Crippen LogP contribution in [0.25, 0.3) is 17.2 Å². The van der Waals surface area contributed by atoms with Gasteiger partial charge in [0.05, 0.1) is 6.61 Å². The van der Waals surface area contributed by atoms with Crippen LogP contribution >= 0.6 is 0 Å². The Morgan fingerprint density at radius 1 is 0.931 bits per heavy atom. The fraction of sp³-hybridized carbons (Fsp3) is 0.259. The van der Waals surface area contributed by atoms with Crippen molar-refractivity contribution in [3.63, 3.8) is 0 Å². The van der Waals surface area contributed by atoms with Crippen molar-refractivity contribution in [2.24, 2.45) is 0 Å². The Hall–Kier alpha value is -2.84. The van der Waals surface area contributed by atoms with Gasteiger partial charge in [0.2, 0.25) is 0 Å². The first kappa shape index (κ1) is 19.5. The fourth-order valence-electron chi connectivity index (χ4n) is 3.77. The maximum Gasteiger partial charge on any atom is 0.122 e. The monoisotopic (exact) mass is 383 g/mol. The molecule has 1 heterocycles. The van der Waals surface area contributed by atoms with Gasteiger partial charge in [-0.1, -0.05) is 78.9 Å². The Labute approximate surface area is 174 Å². The predicted molar refractivity (Wildman–Crippen MR) is 122 cm³/mol. The molecule has 0 aromatic heterocycles. The molecule has 0 unspecified atom stereocenters. The molecule has 4 rings (SSSR count). The summed E-state index contributed by atoms with van der Waals surface area (Å²) in [5.74, 6) is 1.06. The van der Waals surface area contributed by atoms with Gasteiger partial charge in [-0.05, 0) is 47.7 Å². The molecule has 3 aromatic rings. The lowest BCUT2D eigenvalue weighted by Crippen LogP contribution is -2.30. The van der Waals surface area contributed by atoms with Crippen LogP contribution in [0, 0.1) is 0 Å². The molecule has 3 aromatic carbocycles. The molecule has 148 valence electrons. The van der Waals surface area contributed by atoms with E-state index in [9.17, 15) is 0 Å². The van der Waals surface area contributed by atoms with E-state index < -0.39 is 0 Å². The molecule has 0 bridgehead atoms. The highest BCUT2D eigenvalue weighted by atomic mass is 16.5. The van der Waals surface area contributed by atoms with Gasteiger partial charge in [0, 0.05) is 25.6 Å². The highest BCUT2D eigenvalue weighted by molar-refractivity contribution is 5.65. The normalized spacial score (nSPS) is 13.2. The molecule has 2 nitrogen and oxygen atoms in total. The Bertz CT molecular complexity index is 958. The zero-order chi connectivity index (χ0) is 20.1. The maximum atomic E-state index is 5.63. The summed E-state index contributed by atoms with van der Waals surface area (Å²) in [4.78, 5) is 2.49. The van der Waals surface area contributed by atoms with Gasteiger partial charge in [0.15, 0.2) is 0 Å².